The van der Waals surface area contributed by atoms with Crippen molar-refractivity contribution in [3.63, 3.8) is 0 Å². The molecule has 8 nitrogen and oxygen atoms in total. The topological polar surface area (TPSA) is 109 Å². The molecule has 0 saturated carbocycles. The van der Waals surface area contributed by atoms with Crippen LogP contribution in [0.5, 0.6) is 11.5 Å². The number of nitrogens with one attached hydrogen (secondary N) is 1. The van der Waals surface area contributed by atoms with Crippen LogP contribution in [0.2, 0.25) is 10.0 Å². The molecule has 35 heavy (non-hydrogen) atoms. The Morgan fingerprint density at radius 3 is 1.94 bits per heavy atom. The Bertz CT molecular complexity index is 1160. The Kier molecular flexibility index (Phi) is 8.43. The van der Waals surface area contributed by atoms with Gasteiger partial charge in [0.2, 0.25) is 11.9 Å². The zero-order valence-electron chi connectivity index (χ0n) is 19.2. The van der Waals surface area contributed by atoms with Crippen LogP contribution in [0.4, 0.5) is 0 Å². The van der Waals surface area contributed by atoms with Crippen molar-refractivity contribution >= 4 is 35.1 Å². The third-order valence-electron chi connectivity index (χ3n) is 5.42. The average molecular weight is 520 g/mol. The number of aromatic nitrogens is 1. The molecule has 3 rings (SSSR count). The first-order chi connectivity index (χ1) is 16.6. The van der Waals surface area contributed by atoms with E-state index < -0.39 is 35.5 Å². The Hall–Kier alpha value is -3.49. The number of halogens is 2. The van der Waals surface area contributed by atoms with Gasteiger partial charge in [-0.25, -0.2) is 4.79 Å². The van der Waals surface area contributed by atoms with Gasteiger partial charge in [-0.2, -0.15) is 0 Å². The van der Waals surface area contributed by atoms with Crippen LogP contribution in [0, 0.1) is 0 Å². The molecule has 0 bridgehead atoms. The highest BCUT2D eigenvalue weighted by Gasteiger charge is 2.32. The maximum absolute atomic E-state index is 12.9. The summed E-state index contributed by atoms with van der Waals surface area (Å²) < 4.78 is 11.1. The second kappa shape index (κ2) is 11.3. The van der Waals surface area contributed by atoms with E-state index in [9.17, 15) is 19.9 Å². The van der Waals surface area contributed by atoms with Crippen molar-refractivity contribution in [1.29, 1.82) is 0 Å². The van der Waals surface area contributed by atoms with Crippen LogP contribution < -0.4 is 14.8 Å². The van der Waals surface area contributed by atoms with Gasteiger partial charge in [0.15, 0.2) is 5.75 Å². The fraction of sp³-hybridized carbons (Fsp3) is 0.240. The third kappa shape index (κ3) is 6.15. The molecule has 0 fully saturated rings. The molecule has 0 saturated heterocycles. The summed E-state index contributed by atoms with van der Waals surface area (Å²) in [6, 6.07) is 14.6. The predicted octanol–water partition coefficient (Wildman–Crippen LogP) is 4.11. The van der Waals surface area contributed by atoms with Gasteiger partial charge in [0, 0.05) is 20.7 Å². The molecule has 1 aromatic heterocycles. The third-order valence-corrected chi connectivity index (χ3v) is 5.92. The number of carbonyl (C=O) groups is 2. The van der Waals surface area contributed by atoms with Gasteiger partial charge in [0.05, 0.1) is 13.2 Å². The van der Waals surface area contributed by atoms with Gasteiger partial charge in [-0.05, 0) is 49.2 Å². The van der Waals surface area contributed by atoms with Crippen LogP contribution in [0.25, 0.3) is 0 Å². The molecule has 0 radical (unpaired) electrons. The average Bonchev–Trinajstić information content (AvgIpc) is 2.81. The maximum Gasteiger partial charge on any atom is 0.366 e. The van der Waals surface area contributed by atoms with Crippen LogP contribution in [-0.2, 0) is 9.53 Å². The highest BCUT2D eigenvalue weighted by Crippen LogP contribution is 2.32. The molecule has 0 aliphatic carbocycles. The lowest BCUT2D eigenvalue weighted by atomic mass is 9.87. The molecule has 0 aliphatic rings. The van der Waals surface area contributed by atoms with Crippen LogP contribution in [0.1, 0.15) is 41.4 Å². The van der Waals surface area contributed by atoms with Crippen molar-refractivity contribution in [2.45, 2.75) is 31.9 Å². The first-order valence-electron chi connectivity index (χ1n) is 10.7. The van der Waals surface area contributed by atoms with Crippen molar-refractivity contribution in [3.8, 4) is 11.5 Å². The summed E-state index contributed by atoms with van der Waals surface area (Å²) in [7, 11) is 1.30. The quantitative estimate of drug-likeness (QED) is 0.234. The lowest BCUT2D eigenvalue weighted by molar-refractivity contribution is -0.906. The normalized spacial score (nSPS) is 12.6. The van der Waals surface area contributed by atoms with Gasteiger partial charge in [-0.1, -0.05) is 47.5 Å². The van der Waals surface area contributed by atoms with Crippen LogP contribution in [-0.4, -0.2) is 41.4 Å². The van der Waals surface area contributed by atoms with Gasteiger partial charge >= 0.3 is 17.6 Å². The number of ether oxygens (including phenoxy) is 2. The van der Waals surface area contributed by atoms with E-state index in [0.717, 1.165) is 17.3 Å². The summed E-state index contributed by atoms with van der Waals surface area (Å²) in [6.45, 7) is 3.18. The molecule has 0 spiro atoms. The van der Waals surface area contributed by atoms with Crippen LogP contribution >= 0.6 is 23.2 Å². The van der Waals surface area contributed by atoms with Gasteiger partial charge in [-0.3, -0.25) is 10.0 Å². The van der Waals surface area contributed by atoms with Gasteiger partial charge in [0.25, 0.3) is 0 Å². The highest BCUT2D eigenvalue weighted by molar-refractivity contribution is 6.30. The fourth-order valence-electron chi connectivity index (χ4n) is 3.65. The van der Waals surface area contributed by atoms with Crippen molar-refractivity contribution in [2.75, 3.05) is 7.11 Å². The van der Waals surface area contributed by atoms with E-state index >= 15 is 0 Å². The molecule has 1 amide bonds. The minimum absolute atomic E-state index is 0.0157. The number of esters is 1. The number of pyridine rings is 1. The SMILES string of the molecule is COc1cc[n+](O)c(C(=O)N[C@@H](C)C(=O)OC(C)C(c2ccc(Cl)cc2)c2ccc(Cl)cc2)c1O. The second-order valence-corrected chi connectivity index (χ2v) is 8.72. The predicted molar refractivity (Wildman–Crippen MR) is 129 cm³/mol. The lowest BCUT2D eigenvalue weighted by Crippen LogP contribution is -2.47. The molecule has 3 N–H and O–H groups in total. The molecular formula is C25H25Cl2N2O6+. The smallest absolute Gasteiger partial charge is 0.366 e. The summed E-state index contributed by atoms with van der Waals surface area (Å²) in [6.07, 6.45) is 0.499. The number of nitrogens with zero attached hydrogens (tertiary/aromatic N) is 1. The standard InChI is InChI=1S/C25H24Cl2N2O6/c1-14(28-24(31)22-23(30)20(34-3)12-13-29(22)33)25(32)35-15(2)21(16-4-8-18(26)9-5-16)17-6-10-19(27)11-7-17/h4-15,21H,1-3H3,(H2-,28,30,31,33)/p+1/t14-,15?/m0/s1. The molecule has 10 heteroatoms. The lowest BCUT2D eigenvalue weighted by Gasteiger charge is -2.26. The van der Waals surface area contributed by atoms with Crippen LogP contribution in [0.3, 0.4) is 0 Å². The zero-order valence-corrected chi connectivity index (χ0v) is 20.7. The summed E-state index contributed by atoms with van der Waals surface area (Å²) in [5.41, 5.74) is 1.25. The first-order valence-corrected chi connectivity index (χ1v) is 11.4. The molecule has 1 unspecified atom stereocenters. The largest absolute Gasteiger partial charge is 0.499 e. The van der Waals surface area contributed by atoms with E-state index in [4.69, 9.17) is 32.7 Å². The molecule has 2 aromatic carbocycles. The Balaban J connectivity index is 1.78. The van der Waals surface area contributed by atoms with Crippen molar-refractivity contribution in [2.24, 2.45) is 0 Å². The summed E-state index contributed by atoms with van der Waals surface area (Å²) >= 11 is 12.1. The molecule has 3 aromatic rings. The van der Waals surface area contributed by atoms with Gasteiger partial charge in [0.1, 0.15) is 12.1 Å². The first kappa shape index (κ1) is 26.1. The van der Waals surface area contributed by atoms with E-state index in [1.807, 2.05) is 24.3 Å². The zero-order chi connectivity index (χ0) is 25.7. The van der Waals surface area contributed by atoms with E-state index in [1.54, 1.807) is 31.2 Å². The van der Waals surface area contributed by atoms with Crippen molar-refractivity contribution in [3.05, 3.63) is 87.7 Å². The number of rotatable bonds is 8. The fourth-order valence-corrected chi connectivity index (χ4v) is 3.90. The number of aromatic hydroxyl groups is 1. The number of hydrogen-bond acceptors (Lipinski definition) is 6. The van der Waals surface area contributed by atoms with Crippen LogP contribution in [0.15, 0.2) is 60.8 Å². The Labute approximate surface area is 212 Å². The number of carbonyl (C=O) groups excluding carboxylic acids is 2. The maximum atomic E-state index is 12.9. The Morgan fingerprint density at radius 1 is 0.943 bits per heavy atom. The molecule has 0 aliphatic heterocycles. The van der Waals surface area contributed by atoms with Gasteiger partial charge in [-0.15, -0.1) is 0 Å². The van der Waals surface area contributed by atoms with E-state index in [0.29, 0.717) is 14.8 Å². The van der Waals surface area contributed by atoms with E-state index in [2.05, 4.69) is 5.32 Å². The summed E-state index contributed by atoms with van der Waals surface area (Å²) in [5.74, 6) is -2.52. The molecule has 1 heterocycles. The number of methoxy groups -OCH3 is 1. The Morgan fingerprint density at radius 2 is 1.46 bits per heavy atom. The second-order valence-electron chi connectivity index (χ2n) is 7.84. The minimum atomic E-state index is -1.09. The number of hydrogen-bond donors (Lipinski definition) is 3. The van der Waals surface area contributed by atoms with Crippen molar-refractivity contribution in [1.82, 2.24) is 5.32 Å². The van der Waals surface area contributed by atoms with Crippen molar-refractivity contribution < 1.29 is 34.1 Å². The summed E-state index contributed by atoms with van der Waals surface area (Å²) in [4.78, 5) is 25.5. The molecular weight excluding hydrogens is 495 g/mol. The summed E-state index contributed by atoms with van der Waals surface area (Å²) in [5, 5.41) is 23.7. The molecule has 2 atom stereocenters. The molecule has 184 valence electrons. The minimum Gasteiger partial charge on any atom is -0.499 e. The van der Waals surface area contributed by atoms with E-state index in [-0.39, 0.29) is 11.7 Å². The highest BCUT2D eigenvalue weighted by atomic mass is 35.5. The number of benzene rings is 2. The van der Waals surface area contributed by atoms with Gasteiger partial charge < -0.3 is 19.9 Å². The van der Waals surface area contributed by atoms with E-state index in [1.165, 1.54) is 20.1 Å². The number of amides is 1. The monoisotopic (exact) mass is 519 g/mol.